The van der Waals surface area contributed by atoms with Crippen molar-refractivity contribution in [3.05, 3.63) is 106 Å². The van der Waals surface area contributed by atoms with Gasteiger partial charge in [-0.3, -0.25) is 9.59 Å². The van der Waals surface area contributed by atoms with E-state index >= 15 is 0 Å². The number of carbonyl (C=O) groups is 2. The van der Waals surface area contributed by atoms with E-state index in [2.05, 4.69) is 46.4 Å². The van der Waals surface area contributed by atoms with E-state index in [0.717, 1.165) is 21.4 Å². The van der Waals surface area contributed by atoms with E-state index in [1.165, 1.54) is 11.1 Å². The lowest BCUT2D eigenvalue weighted by atomic mass is 10.0. The van der Waals surface area contributed by atoms with Crippen molar-refractivity contribution in [3.8, 4) is 0 Å². The lowest BCUT2D eigenvalue weighted by Gasteiger charge is -2.32. The van der Waals surface area contributed by atoms with Crippen molar-refractivity contribution < 1.29 is 9.59 Å². The topological polar surface area (TPSA) is 49.4 Å². The van der Waals surface area contributed by atoms with Crippen LogP contribution < -0.4 is 5.32 Å². The molecule has 0 aliphatic heterocycles. The zero-order valence-electron chi connectivity index (χ0n) is 20.5. The van der Waals surface area contributed by atoms with E-state index in [4.69, 9.17) is 0 Å². The smallest absolute Gasteiger partial charge is 0.243 e. The Bertz CT molecular complexity index is 1120. The molecule has 0 heterocycles. The van der Waals surface area contributed by atoms with Crippen molar-refractivity contribution in [2.75, 3.05) is 5.75 Å². The van der Waals surface area contributed by atoms with Crippen LogP contribution in [0.3, 0.4) is 0 Å². The fraction of sp³-hybridized carbons (Fsp3) is 0.310. The van der Waals surface area contributed by atoms with Gasteiger partial charge < -0.3 is 10.2 Å². The first-order valence-corrected chi connectivity index (χ1v) is 13.8. The van der Waals surface area contributed by atoms with Gasteiger partial charge in [0.2, 0.25) is 11.8 Å². The number of benzene rings is 3. The Kier molecular flexibility index (Phi) is 10.4. The van der Waals surface area contributed by atoms with Crippen LogP contribution in [0.5, 0.6) is 0 Å². The molecule has 0 aromatic heterocycles. The maximum Gasteiger partial charge on any atom is 0.243 e. The Labute approximate surface area is 221 Å². The highest BCUT2D eigenvalue weighted by Crippen LogP contribution is 2.20. The molecule has 3 aromatic rings. The van der Waals surface area contributed by atoms with E-state index < -0.39 is 6.04 Å². The summed E-state index contributed by atoms with van der Waals surface area (Å²) >= 11 is 5.11. The Morgan fingerprint density at radius 3 is 2.29 bits per heavy atom. The van der Waals surface area contributed by atoms with Crippen molar-refractivity contribution in [1.82, 2.24) is 10.2 Å². The largest absolute Gasteiger partial charge is 0.352 e. The van der Waals surface area contributed by atoms with Gasteiger partial charge in [-0.25, -0.2) is 0 Å². The number of halogens is 1. The molecule has 0 saturated heterocycles. The Balaban J connectivity index is 1.84. The standard InChI is InChI=1S/C29H33BrN2O2S/c1-21(2)31-29(34)27(17-23-10-5-4-6-11-23)32(18-24-12-8-14-26(30)16-24)28(33)20-35-19-25-13-7-9-22(3)15-25/h4-16,21,27H,17-20H2,1-3H3,(H,31,34)/t27-/m1/s1. The van der Waals surface area contributed by atoms with E-state index in [1.807, 2.05) is 74.5 Å². The molecular weight excluding hydrogens is 520 g/mol. The van der Waals surface area contributed by atoms with Crippen molar-refractivity contribution in [2.45, 2.75) is 51.6 Å². The molecule has 0 fully saturated rings. The van der Waals surface area contributed by atoms with Crippen molar-refractivity contribution in [3.63, 3.8) is 0 Å². The molecule has 35 heavy (non-hydrogen) atoms. The van der Waals surface area contributed by atoms with Gasteiger partial charge in [-0.2, -0.15) is 0 Å². The van der Waals surface area contributed by atoms with E-state index in [1.54, 1.807) is 16.7 Å². The van der Waals surface area contributed by atoms with Crippen LogP contribution in [0.4, 0.5) is 0 Å². The van der Waals surface area contributed by atoms with Gasteiger partial charge in [0.25, 0.3) is 0 Å². The number of rotatable bonds is 11. The molecule has 4 nitrogen and oxygen atoms in total. The zero-order chi connectivity index (χ0) is 25.2. The summed E-state index contributed by atoms with van der Waals surface area (Å²) in [6.07, 6.45) is 0.460. The summed E-state index contributed by atoms with van der Waals surface area (Å²) < 4.78 is 0.947. The molecule has 0 aliphatic rings. The highest BCUT2D eigenvalue weighted by atomic mass is 79.9. The highest BCUT2D eigenvalue weighted by molar-refractivity contribution is 9.10. The van der Waals surface area contributed by atoms with Crippen molar-refractivity contribution in [2.24, 2.45) is 0 Å². The summed E-state index contributed by atoms with van der Waals surface area (Å²) in [4.78, 5) is 28.7. The predicted octanol–water partition coefficient (Wildman–Crippen LogP) is 6.16. The number of aryl methyl sites for hydroxylation is 1. The molecule has 0 unspecified atom stereocenters. The third kappa shape index (κ3) is 8.86. The van der Waals surface area contributed by atoms with Gasteiger partial charge in [-0.15, -0.1) is 11.8 Å². The fourth-order valence-corrected chi connectivity index (χ4v) is 5.21. The molecule has 0 saturated carbocycles. The van der Waals surface area contributed by atoms with Crippen LogP contribution in [0.15, 0.2) is 83.3 Å². The molecule has 3 rings (SSSR count). The van der Waals surface area contributed by atoms with Gasteiger partial charge in [-0.1, -0.05) is 88.2 Å². The average molecular weight is 554 g/mol. The van der Waals surface area contributed by atoms with Crippen molar-refractivity contribution >= 4 is 39.5 Å². The molecule has 0 aliphatic carbocycles. The first-order valence-electron chi connectivity index (χ1n) is 11.8. The second-order valence-corrected chi connectivity index (χ2v) is 10.9. The van der Waals surface area contributed by atoms with Gasteiger partial charge in [0.1, 0.15) is 6.04 Å². The molecule has 1 atom stereocenters. The maximum atomic E-state index is 13.6. The third-order valence-corrected chi connectivity index (χ3v) is 7.00. The lowest BCUT2D eigenvalue weighted by Crippen LogP contribution is -2.52. The minimum absolute atomic E-state index is 0.0145. The number of nitrogens with zero attached hydrogens (tertiary/aromatic N) is 1. The van der Waals surface area contributed by atoms with Crippen LogP contribution in [0, 0.1) is 6.92 Å². The first-order chi connectivity index (χ1) is 16.8. The number of thioether (sulfide) groups is 1. The van der Waals surface area contributed by atoms with Crippen LogP contribution in [-0.2, 0) is 28.3 Å². The van der Waals surface area contributed by atoms with Crippen molar-refractivity contribution in [1.29, 1.82) is 0 Å². The molecule has 2 amide bonds. The molecule has 0 radical (unpaired) electrons. The third-order valence-electron chi connectivity index (χ3n) is 5.52. The normalized spacial score (nSPS) is 11.8. The summed E-state index contributed by atoms with van der Waals surface area (Å²) in [6, 6.07) is 25.5. The fourth-order valence-electron chi connectivity index (χ4n) is 3.91. The number of hydrogen-bond acceptors (Lipinski definition) is 3. The van der Waals surface area contributed by atoms with E-state index in [-0.39, 0.29) is 17.9 Å². The van der Waals surface area contributed by atoms with Crippen LogP contribution in [-0.4, -0.2) is 34.6 Å². The molecule has 3 aromatic carbocycles. The Hall–Kier alpha value is -2.57. The first kappa shape index (κ1) is 27.0. The second kappa shape index (κ2) is 13.5. The Morgan fingerprint density at radius 1 is 0.914 bits per heavy atom. The second-order valence-electron chi connectivity index (χ2n) is 9.00. The summed E-state index contributed by atoms with van der Waals surface area (Å²) in [5.74, 6) is 0.889. The lowest BCUT2D eigenvalue weighted by molar-refractivity contribution is -0.139. The average Bonchev–Trinajstić information content (AvgIpc) is 2.81. The van der Waals surface area contributed by atoms with Crippen LogP contribution >= 0.6 is 27.7 Å². The number of hydrogen-bond donors (Lipinski definition) is 1. The van der Waals surface area contributed by atoms with Gasteiger partial charge in [-0.05, 0) is 49.6 Å². The molecule has 0 spiro atoms. The van der Waals surface area contributed by atoms with Crippen LogP contribution in [0.1, 0.15) is 36.1 Å². The highest BCUT2D eigenvalue weighted by Gasteiger charge is 2.30. The molecular formula is C29H33BrN2O2S. The van der Waals surface area contributed by atoms with Gasteiger partial charge in [0.05, 0.1) is 5.75 Å². The SMILES string of the molecule is Cc1cccc(CSCC(=O)N(Cc2cccc(Br)c2)[C@H](Cc2ccccc2)C(=O)NC(C)C)c1. The number of amides is 2. The summed E-state index contributed by atoms with van der Waals surface area (Å²) in [7, 11) is 0. The molecule has 6 heteroatoms. The number of carbonyl (C=O) groups excluding carboxylic acids is 2. The minimum atomic E-state index is -0.606. The molecule has 0 bridgehead atoms. The van der Waals surface area contributed by atoms with Crippen LogP contribution in [0.2, 0.25) is 0 Å². The van der Waals surface area contributed by atoms with E-state index in [0.29, 0.717) is 18.7 Å². The van der Waals surface area contributed by atoms with Gasteiger partial charge in [0.15, 0.2) is 0 Å². The van der Waals surface area contributed by atoms with Gasteiger partial charge in [0, 0.05) is 29.2 Å². The summed E-state index contributed by atoms with van der Waals surface area (Å²) in [6.45, 7) is 6.32. The van der Waals surface area contributed by atoms with E-state index in [9.17, 15) is 9.59 Å². The molecule has 184 valence electrons. The van der Waals surface area contributed by atoms with Gasteiger partial charge >= 0.3 is 0 Å². The summed E-state index contributed by atoms with van der Waals surface area (Å²) in [5.41, 5.74) is 4.40. The predicted molar refractivity (Wildman–Crippen MR) is 149 cm³/mol. The quantitative estimate of drug-likeness (QED) is 0.310. The monoisotopic (exact) mass is 552 g/mol. The zero-order valence-corrected chi connectivity index (χ0v) is 22.9. The van der Waals surface area contributed by atoms with Crippen LogP contribution in [0.25, 0.3) is 0 Å². The Morgan fingerprint density at radius 2 is 1.60 bits per heavy atom. The summed E-state index contributed by atoms with van der Waals surface area (Å²) in [5, 5.41) is 3.03. The minimum Gasteiger partial charge on any atom is -0.352 e. The maximum absolute atomic E-state index is 13.6. The molecule has 1 N–H and O–H groups in total. The number of nitrogens with one attached hydrogen (secondary N) is 1.